The molecule has 0 aliphatic carbocycles. The number of carbonyl (C=O) groups is 3. The van der Waals surface area contributed by atoms with Gasteiger partial charge in [-0.3, -0.25) is 9.59 Å². The summed E-state index contributed by atoms with van der Waals surface area (Å²) in [6, 6.07) is -0.987. The van der Waals surface area contributed by atoms with Crippen molar-refractivity contribution in [1.82, 2.24) is 5.32 Å². The molecule has 0 aromatic carbocycles. The van der Waals surface area contributed by atoms with Crippen LogP contribution in [-0.2, 0) is 28.6 Å². The molecule has 0 radical (unpaired) electrons. The second-order valence-electron chi connectivity index (χ2n) is 3.96. The first-order valence-electron chi connectivity index (χ1n) is 5.98. The fourth-order valence-electron chi connectivity index (χ4n) is 1.22. The van der Waals surface area contributed by atoms with Gasteiger partial charge < -0.3 is 24.9 Å². The van der Waals surface area contributed by atoms with E-state index >= 15 is 0 Å². The van der Waals surface area contributed by atoms with Crippen molar-refractivity contribution >= 4 is 23.9 Å². The van der Waals surface area contributed by atoms with Crippen LogP contribution in [-0.4, -0.2) is 57.0 Å². The summed E-state index contributed by atoms with van der Waals surface area (Å²) in [5.74, 6) is -1.64. The molecule has 0 heterocycles. The topological polar surface area (TPSA) is 115 Å². The van der Waals surface area contributed by atoms with Gasteiger partial charge in [0.05, 0.1) is 6.21 Å². The van der Waals surface area contributed by atoms with Crippen LogP contribution in [0.2, 0.25) is 0 Å². The number of ketones is 1. The summed E-state index contributed by atoms with van der Waals surface area (Å²) >= 11 is 0. The number of hydrogen-bond donors (Lipinski definition) is 2. The maximum atomic E-state index is 11.7. The Morgan fingerprint density at radius 3 is 2.45 bits per heavy atom. The lowest BCUT2D eigenvalue weighted by Gasteiger charge is -2.18. The quantitative estimate of drug-likeness (QED) is 0.322. The van der Waals surface area contributed by atoms with Crippen LogP contribution in [0.3, 0.4) is 0 Å². The fourth-order valence-corrected chi connectivity index (χ4v) is 1.22. The molecule has 0 bridgehead atoms. The van der Waals surface area contributed by atoms with E-state index in [-0.39, 0.29) is 19.6 Å². The van der Waals surface area contributed by atoms with E-state index in [1.54, 1.807) is 0 Å². The molecule has 0 unspecified atom stereocenters. The SMILES string of the molecule is COCOC(=O)[C@H](CCC(=O)C=N)NC(=O)[C@@H](C)OC. The molecule has 8 heteroatoms. The minimum Gasteiger partial charge on any atom is -0.437 e. The van der Waals surface area contributed by atoms with Crippen LogP contribution < -0.4 is 5.32 Å². The standard InChI is InChI=1S/C12H20N2O6/c1-8(19-3)11(16)14-10(5-4-9(15)6-13)12(17)20-7-18-2/h6,8,10,13H,4-5,7H2,1-3H3,(H,14,16)/t8-,10+/m1/s1. The Labute approximate surface area is 117 Å². The van der Waals surface area contributed by atoms with Crippen LogP contribution in [0.4, 0.5) is 0 Å². The number of ether oxygens (including phenoxy) is 3. The van der Waals surface area contributed by atoms with Crippen molar-refractivity contribution in [2.45, 2.75) is 31.9 Å². The molecule has 0 aromatic heterocycles. The molecule has 8 nitrogen and oxygen atoms in total. The van der Waals surface area contributed by atoms with Gasteiger partial charge in [0, 0.05) is 20.6 Å². The van der Waals surface area contributed by atoms with E-state index in [1.165, 1.54) is 21.1 Å². The Morgan fingerprint density at radius 2 is 1.95 bits per heavy atom. The van der Waals surface area contributed by atoms with Gasteiger partial charge in [-0.25, -0.2) is 4.79 Å². The molecule has 0 aromatic rings. The summed E-state index contributed by atoms with van der Waals surface area (Å²) in [6.45, 7) is 1.28. The van der Waals surface area contributed by atoms with Gasteiger partial charge in [0.15, 0.2) is 12.6 Å². The lowest BCUT2D eigenvalue weighted by Crippen LogP contribution is -2.46. The van der Waals surface area contributed by atoms with Gasteiger partial charge in [-0.15, -0.1) is 0 Å². The van der Waals surface area contributed by atoms with Gasteiger partial charge >= 0.3 is 5.97 Å². The highest BCUT2D eigenvalue weighted by Crippen LogP contribution is 2.02. The molecular weight excluding hydrogens is 268 g/mol. The van der Waals surface area contributed by atoms with Crippen LogP contribution in [0.15, 0.2) is 0 Å². The zero-order valence-corrected chi connectivity index (χ0v) is 11.8. The fraction of sp³-hybridized carbons (Fsp3) is 0.667. The van der Waals surface area contributed by atoms with Crippen molar-refractivity contribution in [1.29, 1.82) is 5.41 Å². The number of hydrogen-bond acceptors (Lipinski definition) is 7. The number of esters is 1. The first kappa shape index (κ1) is 18.2. The Morgan fingerprint density at radius 1 is 1.30 bits per heavy atom. The second-order valence-corrected chi connectivity index (χ2v) is 3.96. The molecule has 0 saturated carbocycles. The van der Waals surface area contributed by atoms with E-state index in [0.29, 0.717) is 6.21 Å². The van der Waals surface area contributed by atoms with Gasteiger partial charge in [0.1, 0.15) is 12.1 Å². The predicted molar refractivity (Wildman–Crippen MR) is 69.4 cm³/mol. The maximum absolute atomic E-state index is 11.7. The van der Waals surface area contributed by atoms with E-state index < -0.39 is 29.8 Å². The van der Waals surface area contributed by atoms with Crippen molar-refractivity contribution in [3.8, 4) is 0 Å². The Hall–Kier alpha value is -1.80. The number of amides is 1. The smallest absolute Gasteiger partial charge is 0.330 e. The van der Waals surface area contributed by atoms with Gasteiger partial charge in [0.2, 0.25) is 5.91 Å². The van der Waals surface area contributed by atoms with E-state index in [1.807, 2.05) is 0 Å². The van der Waals surface area contributed by atoms with Gasteiger partial charge in [-0.2, -0.15) is 0 Å². The van der Waals surface area contributed by atoms with Crippen LogP contribution in [0.1, 0.15) is 19.8 Å². The average Bonchev–Trinajstić information content (AvgIpc) is 2.47. The lowest BCUT2D eigenvalue weighted by atomic mass is 10.1. The Balaban J connectivity index is 4.60. The number of nitrogens with one attached hydrogen (secondary N) is 2. The van der Waals surface area contributed by atoms with E-state index in [9.17, 15) is 14.4 Å². The molecule has 2 N–H and O–H groups in total. The molecule has 2 atom stereocenters. The largest absolute Gasteiger partial charge is 0.437 e. The molecular formula is C12H20N2O6. The summed E-state index contributed by atoms with van der Waals surface area (Å²) in [7, 11) is 2.72. The maximum Gasteiger partial charge on any atom is 0.330 e. The summed E-state index contributed by atoms with van der Waals surface area (Å²) in [5, 5.41) is 9.23. The summed E-state index contributed by atoms with van der Waals surface area (Å²) < 4.78 is 14.2. The van der Waals surface area contributed by atoms with Gasteiger partial charge in [-0.1, -0.05) is 0 Å². The predicted octanol–water partition coefficient (Wildman–Crippen LogP) is -0.348. The van der Waals surface area contributed by atoms with E-state index in [0.717, 1.165) is 0 Å². The molecule has 0 aliphatic rings. The van der Waals surface area contributed by atoms with Crippen LogP contribution in [0.5, 0.6) is 0 Å². The molecule has 114 valence electrons. The molecule has 0 aliphatic heterocycles. The summed E-state index contributed by atoms with van der Waals surface area (Å²) in [6.07, 6.45) is -0.0697. The second kappa shape index (κ2) is 10.0. The zero-order chi connectivity index (χ0) is 15.5. The highest BCUT2D eigenvalue weighted by molar-refractivity contribution is 6.26. The number of carbonyl (C=O) groups excluding carboxylic acids is 3. The highest BCUT2D eigenvalue weighted by Gasteiger charge is 2.25. The van der Waals surface area contributed by atoms with Crippen LogP contribution in [0, 0.1) is 5.41 Å². The Kier molecular flexibility index (Phi) is 9.14. The van der Waals surface area contributed by atoms with Crippen LogP contribution in [0.25, 0.3) is 0 Å². The van der Waals surface area contributed by atoms with Crippen molar-refractivity contribution in [3.63, 3.8) is 0 Å². The molecule has 0 rings (SSSR count). The average molecular weight is 288 g/mol. The van der Waals surface area contributed by atoms with Crippen molar-refractivity contribution in [2.24, 2.45) is 0 Å². The molecule has 0 fully saturated rings. The first-order valence-corrected chi connectivity index (χ1v) is 5.98. The highest BCUT2D eigenvalue weighted by atomic mass is 16.7. The third-order valence-corrected chi connectivity index (χ3v) is 2.48. The summed E-state index contributed by atoms with van der Waals surface area (Å²) in [4.78, 5) is 34.5. The normalized spacial score (nSPS) is 13.2. The van der Waals surface area contributed by atoms with Crippen molar-refractivity contribution in [2.75, 3.05) is 21.0 Å². The van der Waals surface area contributed by atoms with Gasteiger partial charge in [0.25, 0.3) is 0 Å². The minimum atomic E-state index is -0.987. The molecule has 0 spiro atoms. The number of methoxy groups -OCH3 is 2. The first-order chi connectivity index (χ1) is 9.46. The van der Waals surface area contributed by atoms with Gasteiger partial charge in [-0.05, 0) is 13.3 Å². The zero-order valence-electron chi connectivity index (χ0n) is 11.8. The third kappa shape index (κ3) is 6.95. The monoisotopic (exact) mass is 288 g/mol. The minimum absolute atomic E-state index is 0.0406. The van der Waals surface area contributed by atoms with E-state index in [2.05, 4.69) is 10.1 Å². The Bertz CT molecular complexity index is 358. The number of rotatable bonds is 10. The van der Waals surface area contributed by atoms with E-state index in [4.69, 9.17) is 14.9 Å². The third-order valence-electron chi connectivity index (χ3n) is 2.48. The number of Topliss-reactive ketones (excluding diaryl/α,β-unsaturated/α-hetero) is 1. The van der Waals surface area contributed by atoms with Crippen molar-refractivity contribution in [3.05, 3.63) is 0 Å². The molecule has 20 heavy (non-hydrogen) atoms. The lowest BCUT2D eigenvalue weighted by molar-refractivity contribution is -0.158. The molecule has 1 amide bonds. The van der Waals surface area contributed by atoms with Crippen LogP contribution >= 0.6 is 0 Å². The van der Waals surface area contributed by atoms with Crippen molar-refractivity contribution < 1.29 is 28.6 Å². The molecule has 0 saturated heterocycles. The summed E-state index contributed by atoms with van der Waals surface area (Å²) in [5.41, 5.74) is 0.